The van der Waals surface area contributed by atoms with Crippen LogP contribution in [0.4, 0.5) is 5.69 Å². The van der Waals surface area contributed by atoms with Crippen molar-refractivity contribution in [3.63, 3.8) is 0 Å². The predicted molar refractivity (Wildman–Crippen MR) is 105 cm³/mol. The molecule has 1 amide bonds. The fraction of sp³-hybridized carbons (Fsp3) is 0.286. The number of fused-ring (bicyclic) bond motifs is 2. The first-order valence-electron chi connectivity index (χ1n) is 8.82. The fourth-order valence-electron chi connectivity index (χ4n) is 3.38. The minimum atomic E-state index is -0.176. The average molecular weight is 386 g/mol. The van der Waals surface area contributed by atoms with Crippen molar-refractivity contribution in [1.29, 1.82) is 0 Å². The summed E-state index contributed by atoms with van der Waals surface area (Å²) in [6, 6.07) is 7.47. The van der Waals surface area contributed by atoms with E-state index in [1.54, 1.807) is 18.4 Å². The van der Waals surface area contributed by atoms with Crippen LogP contribution in [-0.2, 0) is 11.2 Å². The van der Waals surface area contributed by atoms with Crippen LogP contribution in [0.3, 0.4) is 0 Å². The number of benzene rings is 2. The van der Waals surface area contributed by atoms with E-state index in [4.69, 9.17) is 25.5 Å². The highest BCUT2D eigenvalue weighted by Crippen LogP contribution is 2.39. The van der Waals surface area contributed by atoms with Crippen LogP contribution in [-0.4, -0.2) is 12.7 Å². The fourth-order valence-corrected chi connectivity index (χ4v) is 3.58. The quantitative estimate of drug-likeness (QED) is 0.650. The molecule has 140 valence electrons. The number of rotatable bonds is 4. The van der Waals surface area contributed by atoms with Gasteiger partial charge in [-0.2, -0.15) is 0 Å². The van der Waals surface area contributed by atoms with Crippen LogP contribution < -0.4 is 14.8 Å². The zero-order chi connectivity index (χ0) is 19.1. The number of carbonyl (C=O) groups excluding carboxylic acids is 1. The Hall–Kier alpha value is -2.66. The molecule has 0 saturated carbocycles. The lowest BCUT2D eigenvalue weighted by atomic mass is 9.95. The number of nitrogens with one attached hydrogen (secondary N) is 1. The Morgan fingerprint density at radius 1 is 1.19 bits per heavy atom. The van der Waals surface area contributed by atoms with Gasteiger partial charge in [-0.25, -0.2) is 0 Å². The maximum absolute atomic E-state index is 12.6. The molecule has 1 N–H and O–H groups in total. The Bertz CT molecular complexity index is 1040. The molecule has 2 heterocycles. The molecule has 2 aromatic carbocycles. The Morgan fingerprint density at radius 2 is 1.93 bits per heavy atom. The summed E-state index contributed by atoms with van der Waals surface area (Å²) in [4.78, 5) is 12.6. The molecule has 0 aliphatic carbocycles. The number of hydrogen-bond donors (Lipinski definition) is 1. The number of aryl methyl sites for hydroxylation is 1. The van der Waals surface area contributed by atoms with Crippen molar-refractivity contribution >= 4 is 34.2 Å². The van der Waals surface area contributed by atoms with Crippen LogP contribution in [0.1, 0.15) is 36.5 Å². The number of furan rings is 1. The number of amides is 1. The van der Waals surface area contributed by atoms with Crippen molar-refractivity contribution in [1.82, 2.24) is 0 Å². The molecule has 27 heavy (non-hydrogen) atoms. The van der Waals surface area contributed by atoms with Crippen molar-refractivity contribution in [2.75, 3.05) is 12.1 Å². The van der Waals surface area contributed by atoms with Crippen LogP contribution in [0.2, 0.25) is 5.02 Å². The van der Waals surface area contributed by atoms with Crippen molar-refractivity contribution in [3.05, 3.63) is 52.2 Å². The van der Waals surface area contributed by atoms with E-state index >= 15 is 0 Å². The lowest BCUT2D eigenvalue weighted by Crippen LogP contribution is -2.14. The van der Waals surface area contributed by atoms with Gasteiger partial charge in [0.05, 0.1) is 23.4 Å². The molecule has 0 atom stereocenters. The zero-order valence-corrected chi connectivity index (χ0v) is 16.1. The highest BCUT2D eigenvalue weighted by atomic mass is 35.5. The largest absolute Gasteiger partial charge is 0.464 e. The van der Waals surface area contributed by atoms with Gasteiger partial charge in [0, 0.05) is 23.1 Å². The first-order valence-corrected chi connectivity index (χ1v) is 9.20. The Labute approximate surface area is 162 Å². The molecule has 5 nitrogen and oxygen atoms in total. The third-order valence-electron chi connectivity index (χ3n) is 4.75. The molecule has 1 aliphatic heterocycles. The molecule has 1 aromatic heterocycles. The van der Waals surface area contributed by atoms with Crippen molar-refractivity contribution < 1.29 is 18.7 Å². The molecular weight excluding hydrogens is 366 g/mol. The van der Waals surface area contributed by atoms with Crippen molar-refractivity contribution in [2.45, 2.75) is 33.1 Å². The topological polar surface area (TPSA) is 60.7 Å². The van der Waals surface area contributed by atoms with Gasteiger partial charge < -0.3 is 19.2 Å². The maximum Gasteiger partial charge on any atom is 0.231 e. The first-order chi connectivity index (χ1) is 12.9. The maximum atomic E-state index is 12.6. The molecule has 6 heteroatoms. The highest BCUT2D eigenvalue weighted by Gasteiger charge is 2.19. The van der Waals surface area contributed by atoms with Gasteiger partial charge >= 0.3 is 0 Å². The number of anilines is 1. The second-order valence-corrected chi connectivity index (χ2v) is 7.44. The molecule has 0 spiro atoms. The van der Waals surface area contributed by atoms with E-state index in [1.807, 2.05) is 6.07 Å². The smallest absolute Gasteiger partial charge is 0.231 e. The molecule has 0 saturated heterocycles. The van der Waals surface area contributed by atoms with Crippen molar-refractivity contribution in [2.24, 2.45) is 0 Å². The lowest BCUT2D eigenvalue weighted by molar-refractivity contribution is -0.115. The molecular formula is C21H20ClNO4. The molecule has 1 aliphatic rings. The van der Waals surface area contributed by atoms with E-state index in [2.05, 4.69) is 32.2 Å². The summed E-state index contributed by atoms with van der Waals surface area (Å²) in [5, 5.41) is 4.22. The summed E-state index contributed by atoms with van der Waals surface area (Å²) in [6.45, 7) is 6.54. The van der Waals surface area contributed by atoms with Gasteiger partial charge in [0.2, 0.25) is 12.7 Å². The molecule has 0 unspecified atom stereocenters. The van der Waals surface area contributed by atoms with Gasteiger partial charge in [-0.05, 0) is 36.1 Å². The number of halogens is 1. The van der Waals surface area contributed by atoms with E-state index in [0.717, 1.165) is 16.5 Å². The van der Waals surface area contributed by atoms with Crippen LogP contribution in [0.25, 0.3) is 11.0 Å². The number of hydrogen-bond acceptors (Lipinski definition) is 4. The first kappa shape index (κ1) is 17.7. The van der Waals surface area contributed by atoms with E-state index < -0.39 is 0 Å². The monoisotopic (exact) mass is 385 g/mol. The van der Waals surface area contributed by atoms with E-state index in [-0.39, 0.29) is 19.1 Å². The van der Waals surface area contributed by atoms with Gasteiger partial charge in [-0.1, -0.05) is 25.4 Å². The molecule has 0 fully saturated rings. The summed E-state index contributed by atoms with van der Waals surface area (Å²) in [7, 11) is 0. The minimum Gasteiger partial charge on any atom is -0.464 e. The Balaban J connectivity index is 1.57. The summed E-state index contributed by atoms with van der Waals surface area (Å²) in [5.74, 6) is 1.37. The second kappa shape index (κ2) is 6.82. The van der Waals surface area contributed by atoms with E-state index in [9.17, 15) is 4.79 Å². The molecule has 4 rings (SSSR count). The normalized spacial score (nSPS) is 12.8. The summed E-state index contributed by atoms with van der Waals surface area (Å²) in [5.41, 5.74) is 4.58. The van der Waals surface area contributed by atoms with Crippen LogP contribution in [0, 0.1) is 6.92 Å². The third-order valence-corrected chi connectivity index (χ3v) is 5.06. The van der Waals surface area contributed by atoms with Crippen molar-refractivity contribution in [3.8, 4) is 11.5 Å². The molecule has 0 radical (unpaired) electrons. The highest BCUT2D eigenvalue weighted by molar-refractivity contribution is 6.34. The summed E-state index contributed by atoms with van der Waals surface area (Å²) in [6.07, 6.45) is 1.84. The second-order valence-electron chi connectivity index (χ2n) is 7.03. The predicted octanol–water partition coefficient (Wildman–Crippen LogP) is 5.43. The summed E-state index contributed by atoms with van der Waals surface area (Å²) < 4.78 is 16.3. The average Bonchev–Trinajstić information content (AvgIpc) is 3.20. The Morgan fingerprint density at radius 3 is 2.67 bits per heavy atom. The minimum absolute atomic E-state index is 0.154. The van der Waals surface area contributed by atoms with Crippen LogP contribution >= 0.6 is 11.6 Å². The lowest BCUT2D eigenvalue weighted by Gasteiger charge is -2.10. The van der Waals surface area contributed by atoms with Crippen LogP contribution in [0.15, 0.2) is 34.9 Å². The standard InChI is InChI=1S/C21H20ClNO4/c1-11(2)14-6-15-13(9-25-18(15)4-12(14)3)5-21(24)23-17-8-20-19(7-16(17)22)26-10-27-20/h4,6-9,11H,5,10H2,1-3H3,(H,23,24). The van der Waals surface area contributed by atoms with E-state index in [0.29, 0.717) is 28.1 Å². The zero-order valence-electron chi connectivity index (χ0n) is 15.4. The SMILES string of the molecule is Cc1cc2occ(CC(=O)Nc3cc4c(cc3Cl)OCO4)c2cc1C(C)C. The number of carbonyl (C=O) groups is 1. The van der Waals surface area contributed by atoms with Gasteiger partial charge in [0.25, 0.3) is 0 Å². The van der Waals surface area contributed by atoms with Gasteiger partial charge in [-0.15, -0.1) is 0 Å². The van der Waals surface area contributed by atoms with Crippen LogP contribution in [0.5, 0.6) is 11.5 Å². The molecule has 3 aromatic rings. The van der Waals surface area contributed by atoms with E-state index in [1.165, 1.54) is 11.1 Å². The van der Waals surface area contributed by atoms with Gasteiger partial charge in [0.1, 0.15) is 5.58 Å². The van der Waals surface area contributed by atoms with Gasteiger partial charge in [0.15, 0.2) is 11.5 Å². The Kier molecular flexibility index (Phi) is 4.48. The van der Waals surface area contributed by atoms with Gasteiger partial charge in [-0.3, -0.25) is 4.79 Å². The summed E-state index contributed by atoms with van der Waals surface area (Å²) >= 11 is 6.23. The third kappa shape index (κ3) is 3.35. The number of ether oxygens (including phenoxy) is 2. The molecule has 0 bridgehead atoms.